The molecule has 0 aliphatic heterocycles. The number of ether oxygens (including phenoxy) is 1. The Hall–Kier alpha value is -1.98. The van der Waals surface area contributed by atoms with Gasteiger partial charge in [0.1, 0.15) is 5.75 Å². The average Bonchev–Trinajstić information content (AvgIpc) is 2.61. The van der Waals surface area contributed by atoms with Crippen LogP contribution in [0.4, 0.5) is 5.69 Å². The van der Waals surface area contributed by atoms with E-state index in [4.69, 9.17) is 4.74 Å². The van der Waals surface area contributed by atoms with Crippen LogP contribution in [0.25, 0.3) is 0 Å². The summed E-state index contributed by atoms with van der Waals surface area (Å²) in [4.78, 5) is 13.6. The van der Waals surface area contributed by atoms with Gasteiger partial charge in [-0.15, -0.1) is 11.8 Å². The highest BCUT2D eigenvalue weighted by Gasteiger charge is 2.16. The third-order valence-corrected chi connectivity index (χ3v) is 4.33. The maximum atomic E-state index is 12.4. The highest BCUT2D eigenvalue weighted by atomic mass is 32.2. The minimum atomic E-state index is -0.572. The molecule has 1 amide bonds. The van der Waals surface area contributed by atoms with Crippen LogP contribution in [0.3, 0.4) is 0 Å². The standard InChI is InChI=1S/C19H24N2O2S/c1-4-20-13-15-7-5-6-8-18(15)21-19(22)14(2)23-16-9-11-17(24-3)12-10-16/h5-12,14,20H,4,13H2,1-3H3,(H,21,22). The Morgan fingerprint density at radius 2 is 1.88 bits per heavy atom. The Balaban J connectivity index is 1.98. The van der Waals surface area contributed by atoms with Gasteiger partial charge in [0.05, 0.1) is 0 Å². The van der Waals surface area contributed by atoms with Gasteiger partial charge in [0.15, 0.2) is 6.10 Å². The molecular formula is C19H24N2O2S. The number of anilines is 1. The highest BCUT2D eigenvalue weighted by Crippen LogP contribution is 2.20. The molecular weight excluding hydrogens is 320 g/mol. The summed E-state index contributed by atoms with van der Waals surface area (Å²) in [6, 6.07) is 15.5. The van der Waals surface area contributed by atoms with Crippen molar-refractivity contribution in [1.29, 1.82) is 0 Å². The predicted octanol–water partition coefficient (Wildman–Crippen LogP) is 3.92. The smallest absolute Gasteiger partial charge is 0.265 e. The van der Waals surface area contributed by atoms with Gasteiger partial charge >= 0.3 is 0 Å². The summed E-state index contributed by atoms with van der Waals surface area (Å²) in [5.41, 5.74) is 1.88. The van der Waals surface area contributed by atoms with Crippen molar-refractivity contribution in [2.75, 3.05) is 18.1 Å². The molecule has 0 heterocycles. The highest BCUT2D eigenvalue weighted by molar-refractivity contribution is 7.98. The molecule has 4 nitrogen and oxygen atoms in total. The second kappa shape index (κ2) is 9.35. The van der Waals surface area contributed by atoms with Crippen molar-refractivity contribution in [3.63, 3.8) is 0 Å². The quantitative estimate of drug-likeness (QED) is 0.713. The summed E-state index contributed by atoms with van der Waals surface area (Å²) < 4.78 is 5.73. The summed E-state index contributed by atoms with van der Waals surface area (Å²) in [5.74, 6) is 0.532. The van der Waals surface area contributed by atoms with E-state index in [1.54, 1.807) is 18.7 Å². The lowest BCUT2D eigenvalue weighted by atomic mass is 10.1. The molecule has 128 valence electrons. The van der Waals surface area contributed by atoms with Gasteiger partial charge in [-0.25, -0.2) is 0 Å². The first kappa shape index (κ1) is 18.4. The fourth-order valence-corrected chi connectivity index (χ4v) is 2.61. The van der Waals surface area contributed by atoms with E-state index in [0.29, 0.717) is 5.75 Å². The normalized spacial score (nSPS) is 11.8. The second-order valence-electron chi connectivity index (χ2n) is 5.36. The van der Waals surface area contributed by atoms with Gasteiger partial charge in [0.25, 0.3) is 5.91 Å². The van der Waals surface area contributed by atoms with E-state index in [1.165, 1.54) is 0 Å². The lowest BCUT2D eigenvalue weighted by Crippen LogP contribution is -2.30. The van der Waals surface area contributed by atoms with Gasteiger partial charge in [-0.05, 0) is 55.6 Å². The molecule has 0 aliphatic carbocycles. The Morgan fingerprint density at radius 3 is 2.54 bits per heavy atom. The molecule has 2 rings (SSSR count). The molecule has 0 spiro atoms. The third kappa shape index (κ3) is 5.28. The summed E-state index contributed by atoms with van der Waals surface area (Å²) in [5, 5.41) is 6.23. The van der Waals surface area contributed by atoms with E-state index in [-0.39, 0.29) is 5.91 Å². The number of benzene rings is 2. The molecule has 0 saturated heterocycles. The molecule has 0 fully saturated rings. The van der Waals surface area contributed by atoms with E-state index in [2.05, 4.69) is 17.6 Å². The van der Waals surface area contributed by atoms with E-state index in [1.807, 2.05) is 54.8 Å². The molecule has 2 aromatic carbocycles. The van der Waals surface area contributed by atoms with Crippen LogP contribution in [0.5, 0.6) is 5.75 Å². The number of carbonyl (C=O) groups excluding carboxylic acids is 1. The number of hydrogen-bond donors (Lipinski definition) is 2. The Bertz CT molecular complexity index is 659. The van der Waals surface area contributed by atoms with Crippen LogP contribution in [0.1, 0.15) is 19.4 Å². The fraction of sp³-hybridized carbons (Fsp3) is 0.316. The van der Waals surface area contributed by atoms with Gasteiger partial charge in [-0.2, -0.15) is 0 Å². The van der Waals surface area contributed by atoms with Crippen molar-refractivity contribution < 1.29 is 9.53 Å². The Labute approximate surface area is 148 Å². The third-order valence-electron chi connectivity index (χ3n) is 3.58. The Kier molecular flexibility index (Phi) is 7.15. The first-order chi connectivity index (χ1) is 11.6. The average molecular weight is 344 g/mol. The van der Waals surface area contributed by atoms with Crippen LogP contribution in [0, 0.1) is 0 Å². The van der Waals surface area contributed by atoms with Crippen molar-refractivity contribution >= 4 is 23.4 Å². The lowest BCUT2D eigenvalue weighted by Gasteiger charge is -2.17. The molecule has 24 heavy (non-hydrogen) atoms. The molecule has 0 saturated carbocycles. The fourth-order valence-electron chi connectivity index (χ4n) is 2.20. The van der Waals surface area contributed by atoms with Gasteiger partial charge in [-0.3, -0.25) is 4.79 Å². The second-order valence-corrected chi connectivity index (χ2v) is 6.24. The van der Waals surface area contributed by atoms with E-state index in [9.17, 15) is 4.79 Å². The summed E-state index contributed by atoms with van der Waals surface area (Å²) >= 11 is 1.67. The van der Waals surface area contributed by atoms with Crippen LogP contribution in [-0.4, -0.2) is 24.8 Å². The predicted molar refractivity (Wildman–Crippen MR) is 101 cm³/mol. The van der Waals surface area contributed by atoms with Crippen LogP contribution in [0.15, 0.2) is 53.4 Å². The number of amides is 1. The number of thioether (sulfide) groups is 1. The number of hydrogen-bond acceptors (Lipinski definition) is 4. The minimum absolute atomic E-state index is 0.159. The van der Waals surface area contributed by atoms with Crippen LogP contribution < -0.4 is 15.4 Å². The first-order valence-electron chi connectivity index (χ1n) is 8.04. The molecule has 2 aromatic rings. The van der Waals surface area contributed by atoms with Gasteiger partial charge in [0, 0.05) is 17.1 Å². The van der Waals surface area contributed by atoms with Crippen LogP contribution in [-0.2, 0) is 11.3 Å². The zero-order valence-electron chi connectivity index (χ0n) is 14.3. The van der Waals surface area contributed by atoms with Crippen molar-refractivity contribution in [3.05, 3.63) is 54.1 Å². The molecule has 2 N–H and O–H groups in total. The molecule has 0 bridgehead atoms. The van der Waals surface area contributed by atoms with Gasteiger partial charge in [0.2, 0.25) is 0 Å². The number of carbonyl (C=O) groups is 1. The number of para-hydroxylation sites is 1. The van der Waals surface area contributed by atoms with Crippen molar-refractivity contribution in [3.8, 4) is 5.75 Å². The minimum Gasteiger partial charge on any atom is -0.481 e. The van der Waals surface area contributed by atoms with E-state index in [0.717, 1.165) is 29.2 Å². The maximum absolute atomic E-state index is 12.4. The zero-order chi connectivity index (χ0) is 17.4. The van der Waals surface area contributed by atoms with Gasteiger partial charge in [-0.1, -0.05) is 25.1 Å². The van der Waals surface area contributed by atoms with Crippen LogP contribution >= 0.6 is 11.8 Å². The maximum Gasteiger partial charge on any atom is 0.265 e. The van der Waals surface area contributed by atoms with Gasteiger partial charge < -0.3 is 15.4 Å². The summed E-state index contributed by atoms with van der Waals surface area (Å²) in [6.45, 7) is 5.41. The van der Waals surface area contributed by atoms with Crippen molar-refractivity contribution in [2.45, 2.75) is 31.4 Å². The molecule has 0 radical (unpaired) electrons. The molecule has 1 unspecified atom stereocenters. The van der Waals surface area contributed by atoms with Crippen LogP contribution in [0.2, 0.25) is 0 Å². The summed E-state index contributed by atoms with van der Waals surface area (Å²) in [6.07, 6.45) is 1.45. The SMILES string of the molecule is CCNCc1ccccc1NC(=O)C(C)Oc1ccc(SC)cc1. The monoisotopic (exact) mass is 344 g/mol. The van der Waals surface area contributed by atoms with Crippen molar-refractivity contribution in [1.82, 2.24) is 5.32 Å². The van der Waals surface area contributed by atoms with Crippen molar-refractivity contribution in [2.24, 2.45) is 0 Å². The van der Waals surface area contributed by atoms with E-state index < -0.39 is 6.10 Å². The zero-order valence-corrected chi connectivity index (χ0v) is 15.2. The first-order valence-corrected chi connectivity index (χ1v) is 9.26. The topological polar surface area (TPSA) is 50.4 Å². The molecule has 5 heteroatoms. The molecule has 0 aliphatic rings. The lowest BCUT2D eigenvalue weighted by molar-refractivity contribution is -0.122. The Morgan fingerprint density at radius 1 is 1.17 bits per heavy atom. The van der Waals surface area contributed by atoms with E-state index >= 15 is 0 Å². The molecule has 1 atom stereocenters. The number of rotatable bonds is 8. The summed E-state index contributed by atoms with van der Waals surface area (Å²) in [7, 11) is 0. The number of nitrogens with one attached hydrogen (secondary N) is 2. The largest absolute Gasteiger partial charge is 0.481 e. The molecule has 0 aromatic heterocycles.